The van der Waals surface area contributed by atoms with Gasteiger partial charge < -0.3 is 51.3 Å². The van der Waals surface area contributed by atoms with E-state index >= 15 is 0 Å². The van der Waals surface area contributed by atoms with Crippen LogP contribution in [0, 0.1) is 38.0 Å². The Labute approximate surface area is 626 Å². The number of anilines is 9. The van der Waals surface area contributed by atoms with E-state index in [4.69, 9.17) is 19.7 Å². The molecule has 0 amide bonds. The number of hydrogen-bond acceptors (Lipinski definition) is 25. The number of Topliss-reactive ketones (excluding diaryl/α,β-unsaturated/α-hetero) is 3. The highest BCUT2D eigenvalue weighted by molar-refractivity contribution is 6.01. The topological polar surface area (TPSA) is 324 Å². The monoisotopic (exact) mass is 1460 g/mol. The highest BCUT2D eigenvalue weighted by atomic mass is 16.5. The van der Waals surface area contributed by atoms with Crippen molar-refractivity contribution in [1.29, 1.82) is 0 Å². The summed E-state index contributed by atoms with van der Waals surface area (Å²) < 4.78 is 11.2. The molecule has 9 aromatic heterocycles. The molecule has 0 radical (unpaired) electrons. The number of ether oxygens (including phenoxy) is 1. The van der Waals surface area contributed by atoms with Crippen molar-refractivity contribution in [3.8, 4) is 0 Å². The van der Waals surface area contributed by atoms with Gasteiger partial charge in [-0.15, -0.1) is 0 Å². The van der Waals surface area contributed by atoms with Gasteiger partial charge in [-0.2, -0.15) is 15.0 Å². The van der Waals surface area contributed by atoms with Gasteiger partial charge in [0, 0.05) is 118 Å². The zero-order chi connectivity index (χ0) is 74.5. The Kier molecular flexibility index (Phi) is 20.4. The van der Waals surface area contributed by atoms with Gasteiger partial charge in [-0.3, -0.25) is 42.5 Å². The zero-order valence-electron chi connectivity index (χ0n) is 62.6. The number of nitrogens with one attached hydrogen (secondary N) is 6. The lowest BCUT2D eigenvalue weighted by Crippen LogP contribution is -2.58. The largest absolute Gasteiger partial charge is 0.370 e. The van der Waals surface area contributed by atoms with Gasteiger partial charge in [0.1, 0.15) is 34.4 Å². The first-order valence-corrected chi connectivity index (χ1v) is 38.9. The number of pyridine rings is 6. The van der Waals surface area contributed by atoms with Gasteiger partial charge in [-0.05, 0) is 183 Å². The summed E-state index contributed by atoms with van der Waals surface area (Å²) >= 11 is 0. The van der Waals surface area contributed by atoms with Crippen LogP contribution in [-0.2, 0) is 4.74 Å². The molecular formula is C80H97N21O7. The van der Waals surface area contributed by atoms with Crippen molar-refractivity contribution in [2.75, 3.05) is 109 Å². The lowest BCUT2D eigenvalue weighted by Gasteiger charge is -2.48. The van der Waals surface area contributed by atoms with E-state index in [-0.39, 0.29) is 81.1 Å². The number of fused-ring (bicyclic) bond motifs is 7. The number of aryl methyl sites for hydroxylation is 3. The molecular weight excluding hydrogens is 1370 g/mol. The van der Waals surface area contributed by atoms with E-state index < -0.39 is 0 Å². The third-order valence-electron chi connectivity index (χ3n) is 24.1. The van der Waals surface area contributed by atoms with Gasteiger partial charge in [-0.25, -0.2) is 29.9 Å². The van der Waals surface area contributed by atoms with E-state index in [1.54, 1.807) is 53.1 Å². The lowest BCUT2D eigenvalue weighted by molar-refractivity contribution is -0.0484. The summed E-state index contributed by atoms with van der Waals surface area (Å²) in [5.74, 6) is 3.83. The number of rotatable bonds is 15. The molecule has 4 atom stereocenters. The molecule has 4 bridgehead atoms. The van der Waals surface area contributed by atoms with Crippen LogP contribution in [0.5, 0.6) is 0 Å². The van der Waals surface area contributed by atoms with E-state index in [0.717, 1.165) is 189 Å². The van der Waals surface area contributed by atoms with Gasteiger partial charge in [-0.1, -0.05) is 38.5 Å². The Morgan fingerprint density at radius 2 is 0.778 bits per heavy atom. The van der Waals surface area contributed by atoms with Crippen LogP contribution >= 0.6 is 0 Å². The molecule has 108 heavy (non-hydrogen) atoms. The van der Waals surface area contributed by atoms with Gasteiger partial charge in [0.2, 0.25) is 17.8 Å². The molecule has 18 rings (SSSR count). The van der Waals surface area contributed by atoms with Crippen molar-refractivity contribution >= 4 is 103 Å². The number of piperidine rings is 3. The van der Waals surface area contributed by atoms with Gasteiger partial charge in [0.05, 0.1) is 64.6 Å². The van der Waals surface area contributed by atoms with Crippen LogP contribution in [0.3, 0.4) is 0 Å². The molecule has 564 valence electrons. The molecule has 3 aliphatic carbocycles. The first kappa shape index (κ1) is 72.2. The molecule has 6 N–H and O–H groups in total. The molecule has 1 spiro atoms. The SMILES string of the molecule is CC(=O)c1c(C)c2cnc(Nc3ccc(N4CC5CNCC(C4)O5)cn3)nc2n(C2CCCC2)c1=O.CC(=O)c1c(C)c2cnc(Nc3ccc(N4CC5CNCC(C5)C4)cn3)nc2n(C2CCCC2)c1=O.CC(=O)c1c(C)c2cnc(Nc3ccc(N4CCC5(CC4)CNC5)cn3)nc2n(C2CCCC2)c1=O. The summed E-state index contributed by atoms with van der Waals surface area (Å²) in [6, 6.07) is 12.2. The third kappa shape index (κ3) is 14.5. The number of morpholine rings is 2. The van der Waals surface area contributed by atoms with Crippen LogP contribution in [0.25, 0.3) is 33.1 Å². The number of carbonyl (C=O) groups is 3. The average molecular weight is 1460 g/mol. The highest BCUT2D eigenvalue weighted by Gasteiger charge is 2.40. The molecule has 9 fully saturated rings. The summed E-state index contributed by atoms with van der Waals surface area (Å²) in [4.78, 5) is 126. The van der Waals surface area contributed by atoms with E-state index in [0.29, 0.717) is 86.2 Å². The molecule has 6 saturated heterocycles. The second-order valence-electron chi connectivity index (χ2n) is 31.4. The van der Waals surface area contributed by atoms with E-state index in [1.165, 1.54) is 40.0 Å². The minimum atomic E-state index is -0.253. The van der Waals surface area contributed by atoms with Crippen molar-refractivity contribution in [3.63, 3.8) is 0 Å². The maximum Gasteiger partial charge on any atom is 0.263 e. The summed E-state index contributed by atoms with van der Waals surface area (Å²) in [6.45, 7) is 21.9. The molecule has 0 aromatic carbocycles. The van der Waals surface area contributed by atoms with Gasteiger partial charge in [0.15, 0.2) is 17.3 Å². The Bertz CT molecular complexity index is 4860. The Hall–Kier alpha value is -10.0. The molecule has 15 heterocycles. The quantitative estimate of drug-likeness (QED) is 0.0520. The summed E-state index contributed by atoms with van der Waals surface area (Å²) in [7, 11) is 0. The normalized spacial score (nSPS) is 21.3. The van der Waals surface area contributed by atoms with Crippen LogP contribution in [0.15, 0.2) is 88.0 Å². The number of ketones is 3. The van der Waals surface area contributed by atoms with Crippen molar-refractivity contribution in [2.45, 2.75) is 168 Å². The summed E-state index contributed by atoms with van der Waals surface area (Å²) in [5, 5.41) is 22.2. The lowest BCUT2D eigenvalue weighted by atomic mass is 9.73. The van der Waals surface area contributed by atoms with E-state index in [1.807, 2.05) is 42.9 Å². The first-order valence-electron chi connectivity index (χ1n) is 38.9. The number of carbonyl (C=O) groups excluding carboxylic acids is 3. The van der Waals surface area contributed by atoms with Crippen molar-refractivity contribution < 1.29 is 19.1 Å². The predicted octanol–water partition coefficient (Wildman–Crippen LogP) is 10.1. The van der Waals surface area contributed by atoms with Gasteiger partial charge >= 0.3 is 0 Å². The third-order valence-corrected chi connectivity index (χ3v) is 24.1. The van der Waals surface area contributed by atoms with Crippen molar-refractivity contribution in [1.82, 2.24) is 74.5 Å². The fourth-order valence-corrected chi connectivity index (χ4v) is 18.4. The average Bonchev–Trinajstić information content (AvgIpc) is 1.07. The second kappa shape index (κ2) is 30.6. The number of hydrogen-bond donors (Lipinski definition) is 6. The molecule has 9 aliphatic rings. The first-order chi connectivity index (χ1) is 52.4. The fraction of sp³-hybridized carbons (Fsp3) is 0.512. The van der Waals surface area contributed by atoms with Crippen LogP contribution in [0.2, 0.25) is 0 Å². The van der Waals surface area contributed by atoms with E-state index in [9.17, 15) is 28.8 Å². The predicted molar refractivity (Wildman–Crippen MR) is 418 cm³/mol. The minimum absolute atomic E-state index is 0.0436. The standard InChI is InChI=1S/2C27H33N7O2.C26H31N7O3/c1-16-22-13-30-27(32-25(22)34(20-5-3-4-6-20)26(36)24(16)17(2)35)31-23-8-7-21(12-29-23)33-14-18-9-19(15-33)11-28-10-18;1-17-21-14-30-26(32-24(21)34(19-5-3-4-6-19)25(36)23(17)18(2)35)31-22-8-7-20(13-29-22)33-11-9-27(10-12-33)15-28-16-27;1-15-21-12-29-26(31-24(21)33(17-5-3-4-6-17)25(35)23(15)16(2)34)30-22-8-7-18(9-28-22)32-13-19-10-27-11-20(14-32)36-19/h7-8,12-13,18-20,28H,3-6,9-11,14-15H2,1-2H3,(H,29,30,31,32);7-8,13-14,19,28H,3-6,9-12,15-16H2,1-2H3,(H,29,30,31,32);7-9,12,17,19-20,27H,3-6,10-11,13-14H2,1-2H3,(H,28,29,30,31). The summed E-state index contributed by atoms with van der Waals surface area (Å²) in [5.41, 5.74) is 7.48. The Morgan fingerprint density at radius 1 is 0.435 bits per heavy atom. The van der Waals surface area contributed by atoms with Crippen LogP contribution in [-0.4, -0.2) is 167 Å². The van der Waals surface area contributed by atoms with Crippen LogP contribution in [0.4, 0.5) is 52.4 Å². The van der Waals surface area contributed by atoms with Crippen LogP contribution < -0.4 is 63.3 Å². The van der Waals surface area contributed by atoms with Crippen molar-refractivity contribution in [3.05, 3.63) is 138 Å². The second-order valence-corrected chi connectivity index (χ2v) is 31.4. The molecule has 28 nitrogen and oxygen atoms in total. The number of aromatic nitrogens is 12. The minimum Gasteiger partial charge on any atom is -0.370 e. The maximum absolute atomic E-state index is 13.4. The van der Waals surface area contributed by atoms with Crippen molar-refractivity contribution in [2.24, 2.45) is 17.3 Å². The Balaban J connectivity index is 0.000000124. The molecule has 3 saturated carbocycles. The van der Waals surface area contributed by atoms with Gasteiger partial charge in [0.25, 0.3) is 16.7 Å². The summed E-state index contributed by atoms with van der Waals surface area (Å²) in [6.07, 6.45) is 26.9. The molecule has 28 heteroatoms. The zero-order valence-corrected chi connectivity index (χ0v) is 62.6. The number of nitrogens with zero attached hydrogens (tertiary/aromatic N) is 15. The molecule has 9 aromatic rings. The van der Waals surface area contributed by atoms with E-state index in [2.05, 4.69) is 88.6 Å². The fourth-order valence-electron chi connectivity index (χ4n) is 18.4. The molecule has 6 aliphatic heterocycles. The Morgan fingerprint density at radius 3 is 1.10 bits per heavy atom. The highest BCUT2D eigenvalue weighted by Crippen LogP contribution is 2.39. The maximum atomic E-state index is 13.4. The van der Waals surface area contributed by atoms with Crippen LogP contribution in [0.1, 0.15) is 183 Å². The molecule has 4 unspecified atom stereocenters. The smallest absolute Gasteiger partial charge is 0.263 e.